The number of imide groups is 2. The van der Waals surface area contributed by atoms with Gasteiger partial charge in [0.1, 0.15) is 11.5 Å². The molecule has 2 heterocycles. The van der Waals surface area contributed by atoms with Gasteiger partial charge in [-0.05, 0) is 48.2 Å². The number of nitrogens with zero attached hydrogens (tertiary/aromatic N) is 2. The second-order valence-electron chi connectivity index (χ2n) is 10.4. The number of hydrogen-bond acceptors (Lipinski definition) is 6. The number of likely N-dealkylation sites (tertiary alicyclic amines) is 1. The maximum Gasteiger partial charge on any atom is 0.238 e. The first-order chi connectivity index (χ1) is 17.0. The number of ether oxygens (including phenoxy) is 2. The summed E-state index contributed by atoms with van der Waals surface area (Å²) in [5.41, 5.74) is 2.85. The summed E-state index contributed by atoms with van der Waals surface area (Å²) in [5, 5.41) is 0. The van der Waals surface area contributed by atoms with Gasteiger partial charge >= 0.3 is 0 Å². The molecule has 4 atom stereocenters. The van der Waals surface area contributed by atoms with Gasteiger partial charge in [-0.1, -0.05) is 32.0 Å². The van der Waals surface area contributed by atoms with Crippen LogP contribution in [0.2, 0.25) is 0 Å². The van der Waals surface area contributed by atoms with E-state index in [9.17, 15) is 19.2 Å². The Morgan fingerprint density at radius 2 is 1.33 bits per heavy atom. The molecule has 1 aliphatic carbocycles. The smallest absolute Gasteiger partial charge is 0.238 e. The van der Waals surface area contributed by atoms with Gasteiger partial charge in [0, 0.05) is 12.5 Å². The summed E-state index contributed by atoms with van der Waals surface area (Å²) in [6.07, 6.45) is 0.212. The number of carbonyl (C=O) groups excluding carboxylic acids is 4. The van der Waals surface area contributed by atoms with E-state index < -0.39 is 35.0 Å². The van der Waals surface area contributed by atoms with Crippen LogP contribution in [0.5, 0.6) is 11.5 Å². The zero-order valence-electron chi connectivity index (χ0n) is 21.3. The predicted molar refractivity (Wildman–Crippen MR) is 132 cm³/mol. The second kappa shape index (κ2) is 8.18. The van der Waals surface area contributed by atoms with Gasteiger partial charge in [-0.15, -0.1) is 0 Å². The molecule has 8 heteroatoms. The van der Waals surface area contributed by atoms with Gasteiger partial charge in [-0.25, -0.2) is 4.90 Å². The molecule has 0 spiro atoms. The Balaban J connectivity index is 1.54. The monoisotopic (exact) mass is 490 g/mol. The van der Waals surface area contributed by atoms with E-state index in [2.05, 4.69) is 19.9 Å². The van der Waals surface area contributed by atoms with Gasteiger partial charge in [0.25, 0.3) is 0 Å². The summed E-state index contributed by atoms with van der Waals surface area (Å²) in [6, 6.07) is 11.5. The second-order valence-corrected chi connectivity index (χ2v) is 10.4. The van der Waals surface area contributed by atoms with Crippen LogP contribution in [0.15, 0.2) is 36.4 Å². The van der Waals surface area contributed by atoms with Gasteiger partial charge in [-0.2, -0.15) is 0 Å². The van der Waals surface area contributed by atoms with E-state index >= 15 is 0 Å². The van der Waals surface area contributed by atoms with Crippen LogP contribution in [0.25, 0.3) is 0 Å². The molecule has 1 saturated carbocycles. The highest BCUT2D eigenvalue weighted by atomic mass is 16.5. The number of rotatable bonds is 5. The van der Waals surface area contributed by atoms with Crippen molar-refractivity contribution in [1.82, 2.24) is 4.90 Å². The number of fused-ring (bicyclic) bond motifs is 3. The van der Waals surface area contributed by atoms with E-state index in [1.165, 1.54) is 19.1 Å². The summed E-state index contributed by atoms with van der Waals surface area (Å²) < 4.78 is 10.9. The molecule has 2 saturated heterocycles. The zero-order valence-corrected chi connectivity index (χ0v) is 21.3. The van der Waals surface area contributed by atoms with Crippen molar-refractivity contribution in [1.29, 1.82) is 0 Å². The van der Waals surface area contributed by atoms with Gasteiger partial charge in [0.2, 0.25) is 23.6 Å². The molecule has 3 aliphatic rings. The summed E-state index contributed by atoms with van der Waals surface area (Å²) in [4.78, 5) is 54.7. The standard InChI is InChI=1S/C28H30N2O6/c1-14-11-15(7-9-20(14)35-5)28(2,3)16-8-10-21(36-6)19(12-16)30-25(32)18-13-17-22(23(18)27(30)34)26(33)29(4)24(17)31/h7-12,17-18,22-23H,13H2,1-6H3. The molecule has 5 rings (SSSR count). The van der Waals surface area contributed by atoms with Crippen LogP contribution in [-0.4, -0.2) is 49.8 Å². The Bertz CT molecular complexity index is 1320. The molecule has 2 aromatic rings. The number of anilines is 1. The molecule has 36 heavy (non-hydrogen) atoms. The van der Waals surface area contributed by atoms with E-state index in [0.29, 0.717) is 11.4 Å². The van der Waals surface area contributed by atoms with E-state index in [-0.39, 0.29) is 24.1 Å². The number of aryl methyl sites for hydroxylation is 1. The zero-order chi connectivity index (χ0) is 26.1. The van der Waals surface area contributed by atoms with Crippen molar-refractivity contribution in [2.75, 3.05) is 26.2 Å². The van der Waals surface area contributed by atoms with Crippen molar-refractivity contribution >= 4 is 29.3 Å². The minimum atomic E-state index is -0.825. The first-order valence-corrected chi connectivity index (χ1v) is 12.1. The minimum absolute atomic E-state index is 0.212. The van der Waals surface area contributed by atoms with Gasteiger partial charge in [0.15, 0.2) is 0 Å². The molecule has 2 aliphatic heterocycles. The van der Waals surface area contributed by atoms with Crippen LogP contribution >= 0.6 is 0 Å². The highest BCUT2D eigenvalue weighted by molar-refractivity contribution is 6.25. The Labute approximate surface area is 210 Å². The molecular weight excluding hydrogens is 460 g/mol. The third kappa shape index (κ3) is 3.20. The average Bonchev–Trinajstić information content (AvgIpc) is 3.44. The van der Waals surface area contributed by atoms with E-state index in [1.807, 2.05) is 31.2 Å². The first-order valence-electron chi connectivity index (χ1n) is 12.1. The topological polar surface area (TPSA) is 93.2 Å². The molecule has 4 amide bonds. The maximum absolute atomic E-state index is 13.7. The van der Waals surface area contributed by atoms with E-state index in [0.717, 1.165) is 27.3 Å². The quantitative estimate of drug-likeness (QED) is 0.598. The van der Waals surface area contributed by atoms with Crippen LogP contribution < -0.4 is 14.4 Å². The number of amides is 4. The molecule has 4 unspecified atom stereocenters. The lowest BCUT2D eigenvalue weighted by Crippen LogP contribution is -2.35. The predicted octanol–water partition coefficient (Wildman–Crippen LogP) is 3.08. The maximum atomic E-state index is 13.7. The van der Waals surface area contributed by atoms with Crippen LogP contribution in [0.4, 0.5) is 5.69 Å². The van der Waals surface area contributed by atoms with Crippen LogP contribution in [-0.2, 0) is 24.6 Å². The fourth-order valence-electron chi connectivity index (χ4n) is 6.16. The van der Waals surface area contributed by atoms with Crippen molar-refractivity contribution < 1.29 is 28.7 Å². The molecule has 0 N–H and O–H groups in total. The third-order valence-electron chi connectivity index (χ3n) is 8.33. The number of benzene rings is 2. The number of carbonyl (C=O) groups is 4. The third-order valence-corrected chi connectivity index (χ3v) is 8.33. The van der Waals surface area contributed by atoms with E-state index in [1.54, 1.807) is 13.2 Å². The average molecular weight is 491 g/mol. The Hall–Kier alpha value is -3.68. The minimum Gasteiger partial charge on any atom is -0.496 e. The Morgan fingerprint density at radius 1 is 0.778 bits per heavy atom. The van der Waals surface area contributed by atoms with Crippen LogP contribution in [0.3, 0.4) is 0 Å². The lowest BCUT2D eigenvalue weighted by atomic mass is 9.77. The lowest BCUT2D eigenvalue weighted by molar-refractivity contribution is -0.140. The summed E-state index contributed by atoms with van der Waals surface area (Å²) >= 11 is 0. The molecule has 0 radical (unpaired) electrons. The molecular formula is C28H30N2O6. The SMILES string of the molecule is COc1ccc(C(C)(C)c2ccc(OC)c(N3C(=O)C4CC5C(=O)N(C)C(=O)C5C4C3=O)c2)cc1C. The summed E-state index contributed by atoms with van der Waals surface area (Å²) in [6.45, 7) is 6.13. The van der Waals surface area contributed by atoms with Gasteiger partial charge in [0.05, 0.1) is 43.6 Å². The van der Waals surface area contributed by atoms with E-state index in [4.69, 9.17) is 9.47 Å². The molecule has 0 aromatic heterocycles. The highest BCUT2D eigenvalue weighted by Gasteiger charge is 2.66. The van der Waals surface area contributed by atoms with Crippen LogP contribution in [0.1, 0.15) is 37.0 Å². The molecule has 2 aromatic carbocycles. The summed E-state index contributed by atoms with van der Waals surface area (Å²) in [7, 11) is 4.57. The van der Waals surface area contributed by atoms with Crippen molar-refractivity contribution in [2.24, 2.45) is 23.7 Å². The molecule has 8 nitrogen and oxygen atoms in total. The normalized spacial score (nSPS) is 25.5. The van der Waals surface area contributed by atoms with Crippen molar-refractivity contribution in [2.45, 2.75) is 32.6 Å². The molecule has 188 valence electrons. The molecule has 0 bridgehead atoms. The first kappa shape index (κ1) is 24.0. The lowest BCUT2D eigenvalue weighted by Gasteiger charge is -2.29. The fourth-order valence-corrected chi connectivity index (χ4v) is 6.16. The largest absolute Gasteiger partial charge is 0.496 e. The Kier molecular flexibility index (Phi) is 5.46. The molecule has 3 fully saturated rings. The fraction of sp³-hybridized carbons (Fsp3) is 0.429. The number of hydrogen-bond donors (Lipinski definition) is 0. The van der Waals surface area contributed by atoms with Crippen molar-refractivity contribution in [3.05, 3.63) is 53.1 Å². The van der Waals surface area contributed by atoms with Gasteiger partial charge < -0.3 is 9.47 Å². The van der Waals surface area contributed by atoms with Gasteiger partial charge in [-0.3, -0.25) is 24.1 Å². The Morgan fingerprint density at radius 3 is 1.94 bits per heavy atom. The van der Waals surface area contributed by atoms with Crippen molar-refractivity contribution in [3.8, 4) is 11.5 Å². The van der Waals surface area contributed by atoms with Crippen molar-refractivity contribution in [3.63, 3.8) is 0 Å². The number of methoxy groups -OCH3 is 2. The highest BCUT2D eigenvalue weighted by Crippen LogP contribution is 2.53. The van der Waals surface area contributed by atoms with Crippen LogP contribution in [0, 0.1) is 30.6 Å². The summed E-state index contributed by atoms with van der Waals surface area (Å²) in [5.74, 6) is -3.19.